The minimum Gasteiger partial charge on any atom is -0.420 e. The molecule has 2 aromatic carbocycles. The van der Waals surface area contributed by atoms with Gasteiger partial charge in [0.2, 0.25) is 17.7 Å². The molecule has 0 saturated heterocycles. The molecular formula is C20H15ClN4O2. The van der Waals surface area contributed by atoms with E-state index in [2.05, 4.69) is 20.5 Å². The third-order valence-corrected chi connectivity index (χ3v) is 4.58. The second-order valence-electron chi connectivity index (χ2n) is 6.05. The van der Waals surface area contributed by atoms with Gasteiger partial charge >= 0.3 is 0 Å². The Bertz CT molecular complexity index is 1140. The van der Waals surface area contributed by atoms with Gasteiger partial charge in [-0.25, -0.2) is 0 Å². The third kappa shape index (κ3) is 3.66. The number of carbonyl (C=O) groups is 1. The molecule has 134 valence electrons. The average molecular weight is 379 g/mol. The van der Waals surface area contributed by atoms with Crippen molar-refractivity contribution in [2.75, 3.05) is 5.32 Å². The Morgan fingerprint density at radius 2 is 2.04 bits per heavy atom. The molecular weight excluding hydrogens is 364 g/mol. The minimum absolute atomic E-state index is 0.0198. The van der Waals surface area contributed by atoms with Crippen LogP contribution in [0, 0.1) is 6.92 Å². The van der Waals surface area contributed by atoms with E-state index in [9.17, 15) is 4.79 Å². The van der Waals surface area contributed by atoms with Crippen LogP contribution in [-0.4, -0.2) is 21.1 Å². The van der Waals surface area contributed by atoms with Crippen molar-refractivity contribution in [1.82, 2.24) is 15.2 Å². The van der Waals surface area contributed by atoms with Gasteiger partial charge in [0.05, 0.1) is 5.52 Å². The lowest BCUT2D eigenvalue weighted by molar-refractivity contribution is -0.115. The average Bonchev–Trinajstić information content (AvgIpc) is 3.13. The smallest absolute Gasteiger partial charge is 0.247 e. The number of nitrogens with one attached hydrogen (secondary N) is 1. The maximum atomic E-state index is 12.3. The lowest BCUT2D eigenvalue weighted by atomic mass is 10.1. The number of pyridine rings is 1. The molecule has 1 N–H and O–H groups in total. The lowest BCUT2D eigenvalue weighted by Gasteiger charge is -2.08. The maximum absolute atomic E-state index is 12.3. The Morgan fingerprint density at radius 3 is 2.93 bits per heavy atom. The number of halogens is 1. The van der Waals surface area contributed by atoms with Gasteiger partial charge in [0.1, 0.15) is 6.42 Å². The first-order chi connectivity index (χ1) is 13.1. The molecule has 27 heavy (non-hydrogen) atoms. The van der Waals surface area contributed by atoms with E-state index >= 15 is 0 Å². The van der Waals surface area contributed by atoms with E-state index < -0.39 is 0 Å². The number of benzene rings is 2. The fraction of sp³-hybridized carbons (Fsp3) is 0.100. The van der Waals surface area contributed by atoms with Crippen LogP contribution in [0.5, 0.6) is 0 Å². The van der Waals surface area contributed by atoms with E-state index in [1.165, 1.54) is 0 Å². The predicted octanol–water partition coefficient (Wildman–Crippen LogP) is 4.43. The van der Waals surface area contributed by atoms with Crippen LogP contribution in [0.4, 0.5) is 5.69 Å². The fourth-order valence-electron chi connectivity index (χ4n) is 2.72. The number of fused-ring (bicyclic) bond motifs is 1. The Hall–Kier alpha value is -3.25. The van der Waals surface area contributed by atoms with Crippen molar-refractivity contribution in [2.45, 2.75) is 13.3 Å². The molecule has 0 unspecified atom stereocenters. The van der Waals surface area contributed by atoms with Gasteiger partial charge in [0.25, 0.3) is 0 Å². The van der Waals surface area contributed by atoms with E-state index in [0.717, 1.165) is 22.0 Å². The zero-order valence-corrected chi connectivity index (χ0v) is 15.2. The Morgan fingerprint density at radius 1 is 1.15 bits per heavy atom. The monoisotopic (exact) mass is 378 g/mol. The number of carbonyl (C=O) groups excluding carboxylic acids is 1. The second kappa shape index (κ2) is 7.17. The maximum Gasteiger partial charge on any atom is 0.247 e. The van der Waals surface area contributed by atoms with Crippen molar-refractivity contribution in [2.24, 2.45) is 0 Å². The van der Waals surface area contributed by atoms with Crippen molar-refractivity contribution in [3.63, 3.8) is 0 Å². The largest absolute Gasteiger partial charge is 0.420 e. The molecule has 0 saturated carbocycles. The molecule has 0 atom stereocenters. The first-order valence-corrected chi connectivity index (χ1v) is 8.70. The van der Waals surface area contributed by atoms with E-state index in [1.54, 1.807) is 24.4 Å². The zero-order chi connectivity index (χ0) is 18.8. The summed E-state index contributed by atoms with van der Waals surface area (Å²) in [6, 6.07) is 14.9. The van der Waals surface area contributed by atoms with Gasteiger partial charge in [0, 0.05) is 27.9 Å². The SMILES string of the molecule is Cc1c(Cl)cccc1NC(=O)Cc1nnc(-c2ccc3ncccc3c2)o1. The highest BCUT2D eigenvalue weighted by molar-refractivity contribution is 6.31. The first-order valence-electron chi connectivity index (χ1n) is 8.32. The van der Waals surface area contributed by atoms with Crippen molar-refractivity contribution in [3.05, 3.63) is 71.2 Å². The topological polar surface area (TPSA) is 80.9 Å². The molecule has 7 heteroatoms. The number of rotatable bonds is 4. The van der Waals surface area contributed by atoms with E-state index in [4.69, 9.17) is 16.0 Å². The van der Waals surface area contributed by atoms with Gasteiger partial charge < -0.3 is 9.73 Å². The fourth-order valence-corrected chi connectivity index (χ4v) is 2.90. The molecule has 0 aliphatic heterocycles. The summed E-state index contributed by atoms with van der Waals surface area (Å²) in [4.78, 5) is 16.6. The third-order valence-electron chi connectivity index (χ3n) is 4.17. The molecule has 4 rings (SSSR count). The lowest BCUT2D eigenvalue weighted by Crippen LogP contribution is -2.15. The van der Waals surface area contributed by atoms with E-state index in [1.807, 2.05) is 37.3 Å². The van der Waals surface area contributed by atoms with Crippen LogP contribution in [0.25, 0.3) is 22.4 Å². The first kappa shape index (κ1) is 17.2. The minimum atomic E-state index is -0.252. The van der Waals surface area contributed by atoms with Crippen LogP contribution < -0.4 is 5.32 Å². The molecule has 0 bridgehead atoms. The highest BCUT2D eigenvalue weighted by Crippen LogP contribution is 2.24. The Balaban J connectivity index is 1.50. The summed E-state index contributed by atoms with van der Waals surface area (Å²) >= 11 is 6.07. The second-order valence-corrected chi connectivity index (χ2v) is 6.46. The molecule has 6 nitrogen and oxygen atoms in total. The number of amides is 1. The highest BCUT2D eigenvalue weighted by atomic mass is 35.5. The van der Waals surface area contributed by atoms with Crippen molar-refractivity contribution in [3.8, 4) is 11.5 Å². The van der Waals surface area contributed by atoms with Gasteiger partial charge in [-0.05, 0) is 48.9 Å². The molecule has 1 amide bonds. The Kier molecular flexibility index (Phi) is 4.56. The number of nitrogens with zero attached hydrogens (tertiary/aromatic N) is 3. The van der Waals surface area contributed by atoms with Crippen molar-refractivity contribution < 1.29 is 9.21 Å². The molecule has 0 spiro atoms. The number of hydrogen-bond acceptors (Lipinski definition) is 5. The highest BCUT2D eigenvalue weighted by Gasteiger charge is 2.14. The molecule has 0 aliphatic carbocycles. The summed E-state index contributed by atoms with van der Waals surface area (Å²) < 4.78 is 5.65. The molecule has 2 aromatic heterocycles. The standard InChI is InChI=1S/C20H15ClN4O2/c1-12-15(21)5-2-6-16(12)23-18(26)11-19-24-25-20(27-19)14-7-8-17-13(10-14)4-3-9-22-17/h2-10H,11H2,1H3,(H,23,26). The zero-order valence-electron chi connectivity index (χ0n) is 14.4. The summed E-state index contributed by atoms with van der Waals surface area (Å²) in [7, 11) is 0. The molecule has 0 fully saturated rings. The van der Waals surface area contributed by atoms with E-state index in [0.29, 0.717) is 16.6 Å². The van der Waals surface area contributed by atoms with Gasteiger partial charge in [-0.1, -0.05) is 23.7 Å². The summed E-state index contributed by atoms with van der Waals surface area (Å²) in [6.07, 6.45) is 1.72. The van der Waals surface area contributed by atoms with E-state index in [-0.39, 0.29) is 18.2 Å². The quantitative estimate of drug-likeness (QED) is 0.568. The predicted molar refractivity (Wildman–Crippen MR) is 104 cm³/mol. The van der Waals surface area contributed by atoms with Gasteiger partial charge in [0.15, 0.2) is 0 Å². The number of aromatic nitrogens is 3. The summed E-state index contributed by atoms with van der Waals surface area (Å²) in [5.41, 5.74) is 3.13. The normalized spacial score (nSPS) is 10.9. The molecule has 0 radical (unpaired) electrons. The summed E-state index contributed by atoms with van der Waals surface area (Å²) in [5.74, 6) is 0.356. The van der Waals surface area contributed by atoms with Crippen LogP contribution in [0.15, 0.2) is 59.1 Å². The number of hydrogen-bond donors (Lipinski definition) is 1. The van der Waals surface area contributed by atoms with Crippen LogP contribution in [-0.2, 0) is 11.2 Å². The van der Waals surface area contributed by atoms with Crippen LogP contribution in [0.1, 0.15) is 11.5 Å². The van der Waals surface area contributed by atoms with Gasteiger partial charge in [-0.3, -0.25) is 9.78 Å². The van der Waals surface area contributed by atoms with Crippen molar-refractivity contribution >= 4 is 34.1 Å². The van der Waals surface area contributed by atoms with Gasteiger partial charge in [-0.15, -0.1) is 10.2 Å². The van der Waals surface area contributed by atoms with Crippen LogP contribution in [0.3, 0.4) is 0 Å². The van der Waals surface area contributed by atoms with Crippen LogP contribution in [0.2, 0.25) is 5.02 Å². The van der Waals surface area contributed by atoms with Gasteiger partial charge in [-0.2, -0.15) is 0 Å². The Labute approximate surface area is 160 Å². The van der Waals surface area contributed by atoms with Crippen molar-refractivity contribution in [1.29, 1.82) is 0 Å². The molecule has 0 aliphatic rings. The summed E-state index contributed by atoms with van der Waals surface area (Å²) in [5, 5.41) is 12.4. The number of anilines is 1. The van der Waals surface area contributed by atoms with Crippen LogP contribution >= 0.6 is 11.6 Å². The summed E-state index contributed by atoms with van der Waals surface area (Å²) in [6.45, 7) is 1.84. The molecule has 2 heterocycles. The molecule has 4 aromatic rings.